The normalized spacial score (nSPS) is 41.3. The van der Waals surface area contributed by atoms with E-state index >= 15 is 0 Å². The highest BCUT2D eigenvalue weighted by Gasteiger charge is 2.42. The SMILES string of the molecule is O=C1CC2CCCCC2N1C[C@H]1CO1. The van der Waals surface area contributed by atoms with Crippen LogP contribution < -0.4 is 0 Å². The molecule has 0 radical (unpaired) electrons. The first-order valence-corrected chi connectivity index (χ1v) is 5.75. The maximum Gasteiger partial charge on any atom is 0.223 e. The molecule has 0 spiro atoms. The molecule has 3 atom stereocenters. The van der Waals surface area contributed by atoms with Gasteiger partial charge in [-0.3, -0.25) is 4.79 Å². The van der Waals surface area contributed by atoms with Crippen molar-refractivity contribution in [2.24, 2.45) is 5.92 Å². The predicted octanol–water partition coefficient (Wildman–Crippen LogP) is 1.18. The first kappa shape index (κ1) is 8.72. The molecule has 3 rings (SSSR count). The quantitative estimate of drug-likeness (QED) is 0.620. The number of epoxide rings is 1. The van der Waals surface area contributed by atoms with Gasteiger partial charge in [0.05, 0.1) is 12.7 Å². The van der Waals surface area contributed by atoms with Crippen molar-refractivity contribution in [3.8, 4) is 0 Å². The Labute approximate surface area is 84.4 Å². The van der Waals surface area contributed by atoms with Crippen molar-refractivity contribution in [1.82, 2.24) is 4.90 Å². The van der Waals surface area contributed by atoms with Crippen LogP contribution in [-0.2, 0) is 9.53 Å². The molecule has 1 aliphatic carbocycles. The highest BCUT2D eigenvalue weighted by molar-refractivity contribution is 5.79. The summed E-state index contributed by atoms with van der Waals surface area (Å²) in [5.74, 6) is 1.03. The zero-order valence-corrected chi connectivity index (χ0v) is 8.45. The van der Waals surface area contributed by atoms with Crippen LogP contribution in [0.4, 0.5) is 0 Å². The number of amides is 1. The van der Waals surface area contributed by atoms with Gasteiger partial charge in [-0.25, -0.2) is 0 Å². The third-order valence-corrected chi connectivity index (χ3v) is 3.83. The van der Waals surface area contributed by atoms with Gasteiger partial charge in [0.25, 0.3) is 0 Å². The van der Waals surface area contributed by atoms with Crippen LogP contribution in [0.25, 0.3) is 0 Å². The molecule has 0 aromatic carbocycles. The first-order chi connectivity index (χ1) is 6.84. The summed E-state index contributed by atoms with van der Waals surface area (Å²) in [7, 11) is 0. The standard InChI is InChI=1S/C11H17NO2/c13-11-5-8-3-1-2-4-10(8)12(11)6-9-7-14-9/h8-10H,1-7H2/t8?,9-,10?/m0/s1. The number of hydrogen-bond acceptors (Lipinski definition) is 2. The number of ether oxygens (including phenoxy) is 1. The average Bonchev–Trinajstić information content (AvgIpc) is 2.93. The van der Waals surface area contributed by atoms with E-state index in [1.54, 1.807) is 0 Å². The summed E-state index contributed by atoms with van der Waals surface area (Å²) >= 11 is 0. The molecular formula is C11H17NO2. The number of likely N-dealkylation sites (tertiary alicyclic amines) is 1. The summed E-state index contributed by atoms with van der Waals surface area (Å²) in [4.78, 5) is 13.9. The van der Waals surface area contributed by atoms with Crippen LogP contribution in [0.3, 0.4) is 0 Å². The van der Waals surface area contributed by atoms with Crippen LogP contribution in [0.1, 0.15) is 32.1 Å². The summed E-state index contributed by atoms with van der Waals surface area (Å²) in [6.07, 6.45) is 6.28. The Morgan fingerprint density at radius 1 is 1.36 bits per heavy atom. The molecule has 0 N–H and O–H groups in total. The van der Waals surface area contributed by atoms with Crippen molar-refractivity contribution in [3.05, 3.63) is 0 Å². The second-order valence-electron chi connectivity index (χ2n) is 4.82. The molecule has 3 aliphatic rings. The van der Waals surface area contributed by atoms with Crippen molar-refractivity contribution in [3.63, 3.8) is 0 Å². The highest BCUT2D eigenvalue weighted by atomic mass is 16.6. The lowest BCUT2D eigenvalue weighted by molar-refractivity contribution is -0.129. The smallest absolute Gasteiger partial charge is 0.223 e. The number of hydrogen-bond donors (Lipinski definition) is 0. The zero-order chi connectivity index (χ0) is 9.54. The Kier molecular flexibility index (Phi) is 2.01. The molecule has 1 amide bonds. The van der Waals surface area contributed by atoms with Crippen LogP contribution in [0.5, 0.6) is 0 Å². The third kappa shape index (κ3) is 1.44. The Morgan fingerprint density at radius 2 is 2.14 bits per heavy atom. The van der Waals surface area contributed by atoms with Crippen molar-refractivity contribution >= 4 is 5.91 Å². The van der Waals surface area contributed by atoms with Gasteiger partial charge in [-0.1, -0.05) is 12.8 Å². The van der Waals surface area contributed by atoms with Gasteiger partial charge < -0.3 is 9.64 Å². The van der Waals surface area contributed by atoms with Crippen molar-refractivity contribution in [2.75, 3.05) is 13.2 Å². The van der Waals surface area contributed by atoms with Crippen LogP contribution in [-0.4, -0.2) is 36.1 Å². The maximum absolute atomic E-state index is 11.8. The Bertz CT molecular complexity index is 250. The van der Waals surface area contributed by atoms with Gasteiger partial charge in [-0.05, 0) is 18.8 Å². The van der Waals surface area contributed by atoms with Gasteiger partial charge in [0.15, 0.2) is 0 Å². The monoisotopic (exact) mass is 195 g/mol. The fraction of sp³-hybridized carbons (Fsp3) is 0.909. The molecule has 3 heteroatoms. The van der Waals surface area contributed by atoms with Crippen molar-refractivity contribution < 1.29 is 9.53 Å². The number of nitrogens with zero attached hydrogens (tertiary/aromatic N) is 1. The molecule has 14 heavy (non-hydrogen) atoms. The molecule has 3 nitrogen and oxygen atoms in total. The van der Waals surface area contributed by atoms with E-state index in [2.05, 4.69) is 4.90 Å². The molecule has 3 fully saturated rings. The largest absolute Gasteiger partial charge is 0.371 e. The van der Waals surface area contributed by atoms with Crippen molar-refractivity contribution in [1.29, 1.82) is 0 Å². The van der Waals surface area contributed by atoms with Crippen LogP contribution >= 0.6 is 0 Å². The Balaban J connectivity index is 1.70. The van der Waals surface area contributed by atoms with Gasteiger partial charge in [0.2, 0.25) is 5.91 Å². The molecule has 0 aromatic rings. The van der Waals surface area contributed by atoms with E-state index < -0.39 is 0 Å². The molecule has 2 heterocycles. The minimum Gasteiger partial charge on any atom is -0.371 e. The van der Waals surface area contributed by atoms with E-state index in [0.29, 0.717) is 24.0 Å². The van der Waals surface area contributed by atoms with Crippen LogP contribution in [0, 0.1) is 5.92 Å². The van der Waals surface area contributed by atoms with Crippen molar-refractivity contribution in [2.45, 2.75) is 44.2 Å². The minimum atomic E-state index is 0.361. The molecule has 78 valence electrons. The van der Waals surface area contributed by atoms with Crippen LogP contribution in [0.2, 0.25) is 0 Å². The zero-order valence-electron chi connectivity index (χ0n) is 8.45. The van der Waals surface area contributed by atoms with Gasteiger partial charge >= 0.3 is 0 Å². The highest BCUT2D eigenvalue weighted by Crippen LogP contribution is 2.37. The molecule has 2 aliphatic heterocycles. The molecule has 2 saturated heterocycles. The topological polar surface area (TPSA) is 32.8 Å². The fourth-order valence-electron chi connectivity index (χ4n) is 2.99. The van der Waals surface area contributed by atoms with Crippen LogP contribution in [0.15, 0.2) is 0 Å². The molecule has 2 unspecified atom stereocenters. The van der Waals surface area contributed by atoms with Gasteiger partial charge in [0.1, 0.15) is 0 Å². The van der Waals surface area contributed by atoms with E-state index in [0.717, 1.165) is 19.6 Å². The summed E-state index contributed by atoms with van der Waals surface area (Å²) in [6, 6.07) is 0.556. The number of fused-ring (bicyclic) bond motifs is 1. The van der Waals surface area contributed by atoms with Gasteiger partial charge in [0, 0.05) is 19.0 Å². The first-order valence-electron chi connectivity index (χ1n) is 5.75. The van der Waals surface area contributed by atoms with E-state index in [9.17, 15) is 4.79 Å². The second kappa shape index (κ2) is 3.23. The molecule has 1 saturated carbocycles. The number of carbonyl (C=O) groups is 1. The lowest BCUT2D eigenvalue weighted by atomic mass is 9.85. The third-order valence-electron chi connectivity index (χ3n) is 3.83. The van der Waals surface area contributed by atoms with E-state index in [-0.39, 0.29) is 0 Å². The molecule has 0 bridgehead atoms. The van der Waals surface area contributed by atoms with Gasteiger partial charge in [-0.2, -0.15) is 0 Å². The number of rotatable bonds is 2. The summed E-state index contributed by atoms with van der Waals surface area (Å²) in [5, 5.41) is 0. The average molecular weight is 195 g/mol. The fourth-order valence-corrected chi connectivity index (χ4v) is 2.99. The molecule has 0 aromatic heterocycles. The van der Waals surface area contributed by atoms with E-state index in [1.807, 2.05) is 0 Å². The summed E-state index contributed by atoms with van der Waals surface area (Å²) in [6.45, 7) is 1.72. The van der Waals surface area contributed by atoms with E-state index in [1.165, 1.54) is 25.7 Å². The summed E-state index contributed by atoms with van der Waals surface area (Å²) < 4.78 is 5.20. The van der Waals surface area contributed by atoms with Gasteiger partial charge in [-0.15, -0.1) is 0 Å². The summed E-state index contributed by atoms with van der Waals surface area (Å²) in [5.41, 5.74) is 0. The number of carbonyl (C=O) groups excluding carboxylic acids is 1. The Hall–Kier alpha value is -0.570. The Morgan fingerprint density at radius 3 is 2.93 bits per heavy atom. The lowest BCUT2D eigenvalue weighted by Crippen LogP contribution is -2.39. The minimum absolute atomic E-state index is 0.361. The maximum atomic E-state index is 11.8. The molecular weight excluding hydrogens is 178 g/mol. The predicted molar refractivity (Wildman–Crippen MR) is 51.8 cm³/mol. The lowest BCUT2D eigenvalue weighted by Gasteiger charge is -2.31. The second-order valence-corrected chi connectivity index (χ2v) is 4.82. The van der Waals surface area contributed by atoms with E-state index in [4.69, 9.17) is 4.74 Å².